The van der Waals surface area contributed by atoms with Crippen molar-refractivity contribution in [3.05, 3.63) is 45.9 Å². The first kappa shape index (κ1) is 11.7. The van der Waals surface area contributed by atoms with Crippen molar-refractivity contribution in [2.75, 3.05) is 0 Å². The van der Waals surface area contributed by atoms with Gasteiger partial charge in [-0.25, -0.2) is 9.78 Å². The fraction of sp³-hybridized carbons (Fsp3) is 0.100. The van der Waals surface area contributed by atoms with E-state index >= 15 is 0 Å². The molecule has 0 aliphatic heterocycles. The van der Waals surface area contributed by atoms with E-state index in [1.807, 2.05) is 0 Å². The summed E-state index contributed by atoms with van der Waals surface area (Å²) in [7, 11) is 0. The quantitative estimate of drug-likeness (QED) is 0.644. The number of nitro groups is 1. The lowest BCUT2D eigenvalue weighted by atomic mass is 10.3. The first-order valence-corrected chi connectivity index (χ1v) is 4.90. The lowest BCUT2D eigenvalue weighted by Gasteiger charge is -2.02. The Morgan fingerprint density at radius 1 is 1.56 bits per heavy atom. The summed E-state index contributed by atoms with van der Waals surface area (Å²) in [5.41, 5.74) is 0.436. The van der Waals surface area contributed by atoms with Crippen molar-refractivity contribution in [3.8, 4) is 5.69 Å². The molecule has 0 radical (unpaired) electrons. The van der Waals surface area contributed by atoms with Gasteiger partial charge in [-0.15, -0.1) is 4.68 Å². The fourth-order valence-corrected chi connectivity index (χ4v) is 1.52. The van der Waals surface area contributed by atoms with E-state index < -0.39 is 10.9 Å². The van der Waals surface area contributed by atoms with Crippen LogP contribution >= 0.6 is 0 Å². The van der Waals surface area contributed by atoms with Crippen LogP contribution in [0.3, 0.4) is 0 Å². The molecule has 0 aromatic carbocycles. The molecule has 0 amide bonds. The van der Waals surface area contributed by atoms with E-state index in [0.717, 1.165) is 0 Å². The van der Waals surface area contributed by atoms with E-state index in [2.05, 4.69) is 10.1 Å². The maximum Gasteiger partial charge on any atom is 0.390 e. The maximum absolute atomic E-state index is 11.0. The molecule has 8 nitrogen and oxygen atoms in total. The van der Waals surface area contributed by atoms with Crippen LogP contribution in [0.1, 0.15) is 16.2 Å². The van der Waals surface area contributed by atoms with Gasteiger partial charge in [0.25, 0.3) is 0 Å². The molecule has 8 heteroatoms. The zero-order chi connectivity index (χ0) is 13.3. The third kappa shape index (κ3) is 1.90. The van der Waals surface area contributed by atoms with Crippen LogP contribution in [0.25, 0.3) is 5.69 Å². The monoisotopic (exact) mass is 248 g/mol. The number of aromatic nitrogens is 3. The van der Waals surface area contributed by atoms with Gasteiger partial charge in [0.2, 0.25) is 0 Å². The number of nitrogens with zero attached hydrogens (tertiary/aromatic N) is 4. The van der Waals surface area contributed by atoms with Crippen molar-refractivity contribution in [1.82, 2.24) is 14.8 Å². The van der Waals surface area contributed by atoms with Crippen LogP contribution in [0.4, 0.5) is 5.82 Å². The molecule has 92 valence electrons. The highest BCUT2D eigenvalue weighted by atomic mass is 16.6. The van der Waals surface area contributed by atoms with Gasteiger partial charge in [0, 0.05) is 6.20 Å². The van der Waals surface area contributed by atoms with Crippen molar-refractivity contribution in [2.45, 2.75) is 6.92 Å². The van der Waals surface area contributed by atoms with Gasteiger partial charge in [-0.2, -0.15) is 0 Å². The highest BCUT2D eigenvalue weighted by molar-refractivity contribution is 5.89. The molecule has 2 aromatic rings. The molecule has 0 atom stereocenters. The molecule has 0 saturated heterocycles. The smallest absolute Gasteiger partial charge is 0.390 e. The number of rotatable bonds is 3. The summed E-state index contributed by atoms with van der Waals surface area (Å²) in [4.78, 5) is 24.7. The number of aromatic carboxylic acids is 1. The zero-order valence-corrected chi connectivity index (χ0v) is 9.27. The Bertz CT molecular complexity index is 635. The topological polar surface area (TPSA) is 111 Å². The number of carbonyl (C=O) groups is 1. The van der Waals surface area contributed by atoms with Crippen LogP contribution in [0.5, 0.6) is 0 Å². The molecule has 18 heavy (non-hydrogen) atoms. The molecule has 0 saturated carbocycles. The predicted octanol–water partition coefficient (Wildman–Crippen LogP) is 1.18. The van der Waals surface area contributed by atoms with Crippen molar-refractivity contribution >= 4 is 11.8 Å². The van der Waals surface area contributed by atoms with Crippen LogP contribution < -0.4 is 0 Å². The van der Waals surface area contributed by atoms with Gasteiger partial charge in [-0.3, -0.25) is 0 Å². The van der Waals surface area contributed by atoms with Crippen molar-refractivity contribution in [3.63, 3.8) is 0 Å². The SMILES string of the molecule is Cc1cc([N+](=O)[O-])nn1-c1cccnc1C(=O)O. The first-order chi connectivity index (χ1) is 8.50. The molecule has 0 spiro atoms. The molecule has 2 heterocycles. The van der Waals surface area contributed by atoms with E-state index in [1.54, 1.807) is 6.92 Å². The number of pyridine rings is 1. The minimum absolute atomic E-state index is 0.190. The predicted molar refractivity (Wildman–Crippen MR) is 59.7 cm³/mol. The fourth-order valence-electron chi connectivity index (χ4n) is 1.52. The average Bonchev–Trinajstić information content (AvgIpc) is 2.71. The average molecular weight is 248 g/mol. The largest absolute Gasteiger partial charge is 0.476 e. The minimum atomic E-state index is -1.22. The van der Waals surface area contributed by atoms with E-state index in [4.69, 9.17) is 5.11 Å². The van der Waals surface area contributed by atoms with E-state index in [-0.39, 0.29) is 17.2 Å². The summed E-state index contributed by atoms with van der Waals surface area (Å²) in [6.45, 7) is 1.60. The molecular formula is C10H8N4O4. The van der Waals surface area contributed by atoms with Crippen molar-refractivity contribution in [1.29, 1.82) is 0 Å². The summed E-state index contributed by atoms with van der Waals surface area (Å²) in [6.07, 6.45) is 1.33. The third-order valence-corrected chi connectivity index (χ3v) is 2.28. The standard InChI is InChI=1S/C10H8N4O4/c1-6-5-8(14(17)18)12-13(6)7-3-2-4-11-9(7)10(15)16/h2-5H,1H3,(H,15,16). The molecule has 0 aliphatic rings. The molecule has 0 bridgehead atoms. The van der Waals surface area contributed by atoms with Crippen LogP contribution in [0.15, 0.2) is 24.4 Å². The molecule has 0 aliphatic carbocycles. The van der Waals surface area contributed by atoms with Crippen LogP contribution in [-0.4, -0.2) is 30.8 Å². The molecule has 1 N–H and O–H groups in total. The van der Waals surface area contributed by atoms with E-state index in [9.17, 15) is 14.9 Å². The lowest BCUT2D eigenvalue weighted by Crippen LogP contribution is -2.09. The summed E-state index contributed by atoms with van der Waals surface area (Å²) < 4.78 is 1.19. The Morgan fingerprint density at radius 2 is 2.28 bits per heavy atom. The first-order valence-electron chi connectivity index (χ1n) is 4.90. The molecule has 2 aromatic heterocycles. The molecule has 0 unspecified atom stereocenters. The van der Waals surface area contributed by atoms with Crippen molar-refractivity contribution < 1.29 is 14.8 Å². The van der Waals surface area contributed by atoms with Crippen LogP contribution in [-0.2, 0) is 0 Å². The second-order valence-corrected chi connectivity index (χ2v) is 3.49. The van der Waals surface area contributed by atoms with Gasteiger partial charge in [0.1, 0.15) is 5.69 Å². The maximum atomic E-state index is 11.0. The number of hydrogen-bond acceptors (Lipinski definition) is 5. The number of aryl methyl sites for hydroxylation is 1. The molecular weight excluding hydrogens is 240 g/mol. The van der Waals surface area contributed by atoms with Crippen LogP contribution in [0.2, 0.25) is 0 Å². The van der Waals surface area contributed by atoms with Gasteiger partial charge < -0.3 is 15.2 Å². The summed E-state index contributed by atoms with van der Waals surface area (Å²) >= 11 is 0. The number of carboxylic acid groups (broad SMARTS) is 1. The second-order valence-electron chi connectivity index (χ2n) is 3.49. The molecule has 0 fully saturated rings. The van der Waals surface area contributed by atoms with Gasteiger partial charge in [0.05, 0.1) is 16.9 Å². The Kier molecular flexibility index (Phi) is 2.76. The number of hydrogen-bond donors (Lipinski definition) is 1. The highest BCUT2D eigenvalue weighted by Crippen LogP contribution is 2.18. The second kappa shape index (κ2) is 4.24. The Morgan fingerprint density at radius 3 is 2.83 bits per heavy atom. The van der Waals surface area contributed by atoms with E-state index in [0.29, 0.717) is 5.69 Å². The minimum Gasteiger partial charge on any atom is -0.476 e. The van der Waals surface area contributed by atoms with Crippen molar-refractivity contribution in [2.24, 2.45) is 0 Å². The number of carboxylic acids is 1. The summed E-state index contributed by atoms with van der Waals surface area (Å²) in [6, 6.07) is 4.29. The highest BCUT2D eigenvalue weighted by Gasteiger charge is 2.21. The lowest BCUT2D eigenvalue weighted by molar-refractivity contribution is -0.389. The Labute approximate surface area is 101 Å². The van der Waals surface area contributed by atoms with Gasteiger partial charge >= 0.3 is 11.8 Å². The Hall–Kier alpha value is -2.77. The van der Waals surface area contributed by atoms with Gasteiger partial charge in [-0.05, 0) is 24.0 Å². The van der Waals surface area contributed by atoms with Crippen LogP contribution in [0, 0.1) is 17.0 Å². The van der Waals surface area contributed by atoms with E-state index in [1.165, 1.54) is 29.1 Å². The normalized spacial score (nSPS) is 10.3. The zero-order valence-electron chi connectivity index (χ0n) is 9.27. The summed E-state index contributed by atoms with van der Waals surface area (Å²) in [5.74, 6) is -1.56. The van der Waals surface area contributed by atoms with Gasteiger partial charge in [-0.1, -0.05) is 0 Å². The third-order valence-electron chi connectivity index (χ3n) is 2.28. The van der Waals surface area contributed by atoms with Gasteiger partial charge in [0.15, 0.2) is 5.69 Å². The molecule has 2 rings (SSSR count). The Balaban J connectivity index is 2.62. The summed E-state index contributed by atoms with van der Waals surface area (Å²) in [5, 5.41) is 23.3.